The van der Waals surface area contributed by atoms with Crippen molar-refractivity contribution in [3.63, 3.8) is 0 Å². The molecule has 25 heavy (non-hydrogen) atoms. The van der Waals surface area contributed by atoms with Crippen LogP contribution in [0.5, 0.6) is 5.75 Å². The largest absolute Gasteiger partial charge is 0.483 e. The van der Waals surface area contributed by atoms with Gasteiger partial charge >= 0.3 is 5.97 Å². The smallest absolute Gasteiger partial charge is 0.313 e. The molecule has 1 saturated heterocycles. The van der Waals surface area contributed by atoms with E-state index in [0.717, 1.165) is 22.4 Å². The first-order valence-electron chi connectivity index (χ1n) is 8.50. The van der Waals surface area contributed by atoms with Crippen LogP contribution in [-0.2, 0) is 14.3 Å². The van der Waals surface area contributed by atoms with Crippen molar-refractivity contribution < 1.29 is 24.2 Å². The molecule has 0 bridgehead atoms. The Morgan fingerprint density at radius 3 is 2.44 bits per heavy atom. The fourth-order valence-electron chi connectivity index (χ4n) is 3.59. The first-order valence-corrected chi connectivity index (χ1v) is 8.50. The fraction of sp³-hybridized carbons (Fsp3) is 0.579. The molecule has 1 aromatic rings. The maximum absolute atomic E-state index is 12.5. The highest BCUT2D eigenvalue weighted by atomic mass is 16.5. The zero-order chi connectivity index (χ0) is 18.6. The van der Waals surface area contributed by atoms with E-state index in [4.69, 9.17) is 9.47 Å². The number of carboxylic acids is 1. The first-order chi connectivity index (χ1) is 11.8. The molecule has 1 aliphatic heterocycles. The lowest BCUT2D eigenvalue weighted by atomic mass is 9.80. The van der Waals surface area contributed by atoms with Gasteiger partial charge in [0.15, 0.2) is 6.61 Å². The summed E-state index contributed by atoms with van der Waals surface area (Å²) >= 11 is 0. The van der Waals surface area contributed by atoms with Crippen LogP contribution in [0.3, 0.4) is 0 Å². The number of nitrogens with zero attached hydrogens (tertiary/aromatic N) is 1. The Morgan fingerprint density at radius 2 is 1.88 bits per heavy atom. The molecule has 6 nitrogen and oxygen atoms in total. The zero-order valence-electron chi connectivity index (χ0n) is 15.4. The van der Waals surface area contributed by atoms with E-state index in [0.29, 0.717) is 19.4 Å². The minimum absolute atomic E-state index is 0.0899. The number of benzene rings is 1. The highest BCUT2D eigenvalue weighted by Gasteiger charge is 2.43. The number of amides is 1. The lowest BCUT2D eigenvalue weighted by Gasteiger charge is -2.39. The Hall–Kier alpha value is -2.08. The molecule has 1 aromatic carbocycles. The number of hydrogen-bond acceptors (Lipinski definition) is 4. The summed E-state index contributed by atoms with van der Waals surface area (Å²) in [6, 6.07) is 4.03. The van der Waals surface area contributed by atoms with Gasteiger partial charge in [-0.25, -0.2) is 0 Å². The van der Waals surface area contributed by atoms with E-state index in [1.165, 1.54) is 7.11 Å². The summed E-state index contributed by atoms with van der Waals surface area (Å²) in [6.07, 6.45) is 1.15. The maximum Gasteiger partial charge on any atom is 0.313 e. The van der Waals surface area contributed by atoms with Gasteiger partial charge in [-0.3, -0.25) is 9.59 Å². The van der Waals surface area contributed by atoms with Crippen LogP contribution in [0, 0.1) is 26.2 Å². The van der Waals surface area contributed by atoms with Crippen LogP contribution in [0.1, 0.15) is 29.5 Å². The molecule has 0 aliphatic carbocycles. The minimum Gasteiger partial charge on any atom is -0.483 e. The summed E-state index contributed by atoms with van der Waals surface area (Å²) < 4.78 is 10.9. The van der Waals surface area contributed by atoms with E-state index in [1.54, 1.807) is 4.90 Å². The van der Waals surface area contributed by atoms with E-state index >= 15 is 0 Å². The quantitative estimate of drug-likeness (QED) is 0.853. The third-order valence-electron chi connectivity index (χ3n) is 4.75. The van der Waals surface area contributed by atoms with E-state index in [2.05, 4.69) is 0 Å². The molecule has 1 amide bonds. The van der Waals surface area contributed by atoms with Crippen molar-refractivity contribution in [2.24, 2.45) is 5.41 Å². The Kier molecular flexibility index (Phi) is 6.06. The number of hydrogen-bond donors (Lipinski definition) is 1. The summed E-state index contributed by atoms with van der Waals surface area (Å²) in [6.45, 7) is 6.64. The molecule has 1 fully saturated rings. The van der Waals surface area contributed by atoms with Gasteiger partial charge in [-0.2, -0.15) is 0 Å². The molecule has 1 N–H and O–H groups in total. The SMILES string of the molecule is COCC1(C(=O)O)CCCN(C(=O)COc2c(C)cc(C)cc2C)C1. The van der Waals surface area contributed by atoms with Crippen LogP contribution >= 0.6 is 0 Å². The molecule has 2 rings (SSSR count). The van der Waals surface area contributed by atoms with Gasteiger partial charge in [0.1, 0.15) is 11.2 Å². The molecule has 138 valence electrons. The number of piperidine rings is 1. The highest BCUT2D eigenvalue weighted by molar-refractivity contribution is 5.81. The lowest BCUT2D eigenvalue weighted by Crippen LogP contribution is -2.53. The number of likely N-dealkylation sites (tertiary alicyclic amines) is 1. The second-order valence-corrected chi connectivity index (χ2v) is 6.95. The topological polar surface area (TPSA) is 76.1 Å². The van der Waals surface area contributed by atoms with E-state index in [1.807, 2.05) is 32.9 Å². The standard InChI is InChI=1S/C19H27NO5/c1-13-8-14(2)17(15(3)9-13)25-10-16(21)20-7-5-6-19(11-20,12-24-4)18(22)23/h8-9H,5-7,10-12H2,1-4H3,(H,22,23). The summed E-state index contributed by atoms with van der Waals surface area (Å²) in [5.74, 6) is -0.392. The van der Waals surface area contributed by atoms with Gasteiger partial charge in [0.2, 0.25) is 0 Å². The van der Waals surface area contributed by atoms with Gasteiger partial charge in [-0.1, -0.05) is 17.7 Å². The molecular formula is C19H27NO5. The average Bonchev–Trinajstić information content (AvgIpc) is 2.54. The molecule has 1 unspecified atom stereocenters. The number of aryl methyl sites for hydroxylation is 3. The van der Waals surface area contributed by atoms with Gasteiger partial charge in [-0.05, 0) is 44.7 Å². The van der Waals surface area contributed by atoms with Crippen LogP contribution in [0.15, 0.2) is 12.1 Å². The zero-order valence-corrected chi connectivity index (χ0v) is 15.4. The summed E-state index contributed by atoms with van der Waals surface area (Å²) in [7, 11) is 1.48. The Bertz CT molecular complexity index is 630. The van der Waals surface area contributed by atoms with Gasteiger partial charge in [0.25, 0.3) is 5.91 Å². The number of ether oxygens (including phenoxy) is 2. The van der Waals surface area contributed by atoms with Crippen LogP contribution < -0.4 is 4.74 Å². The van der Waals surface area contributed by atoms with Crippen molar-refractivity contribution >= 4 is 11.9 Å². The van der Waals surface area contributed by atoms with Crippen molar-refractivity contribution in [2.75, 3.05) is 33.4 Å². The van der Waals surface area contributed by atoms with Crippen LogP contribution in [0.4, 0.5) is 0 Å². The van der Waals surface area contributed by atoms with Crippen molar-refractivity contribution in [2.45, 2.75) is 33.6 Å². The molecule has 6 heteroatoms. The summed E-state index contributed by atoms with van der Waals surface area (Å²) in [5, 5.41) is 9.58. The molecule has 0 spiro atoms. The maximum atomic E-state index is 12.5. The van der Waals surface area contributed by atoms with E-state index < -0.39 is 11.4 Å². The molecule has 0 aromatic heterocycles. The number of carboxylic acid groups (broad SMARTS) is 1. The van der Waals surface area contributed by atoms with Crippen molar-refractivity contribution in [1.29, 1.82) is 0 Å². The van der Waals surface area contributed by atoms with Gasteiger partial charge in [-0.15, -0.1) is 0 Å². The molecule has 1 heterocycles. The Balaban J connectivity index is 2.05. The number of aliphatic carboxylic acids is 1. The minimum atomic E-state index is -1.03. The van der Waals surface area contributed by atoms with E-state index in [-0.39, 0.29) is 25.7 Å². The third kappa shape index (κ3) is 4.31. The summed E-state index contributed by atoms with van der Waals surface area (Å²) in [5.41, 5.74) is 2.10. The second-order valence-electron chi connectivity index (χ2n) is 6.95. The fourth-order valence-corrected chi connectivity index (χ4v) is 3.59. The van der Waals surface area contributed by atoms with Gasteiger partial charge in [0, 0.05) is 20.2 Å². The monoisotopic (exact) mass is 349 g/mol. The number of carbonyl (C=O) groups excluding carboxylic acids is 1. The predicted molar refractivity (Wildman–Crippen MR) is 93.9 cm³/mol. The number of methoxy groups -OCH3 is 1. The Labute approximate surface area is 148 Å². The molecule has 0 saturated carbocycles. The lowest BCUT2D eigenvalue weighted by molar-refractivity contribution is -0.159. The van der Waals surface area contributed by atoms with Crippen molar-refractivity contribution in [3.8, 4) is 5.75 Å². The second kappa shape index (κ2) is 7.87. The molecule has 1 aliphatic rings. The predicted octanol–water partition coefficient (Wildman–Crippen LogP) is 2.33. The third-order valence-corrected chi connectivity index (χ3v) is 4.75. The summed E-state index contributed by atoms with van der Waals surface area (Å²) in [4.78, 5) is 25.8. The van der Waals surface area contributed by atoms with Crippen molar-refractivity contribution in [3.05, 3.63) is 28.8 Å². The molecule has 0 radical (unpaired) electrons. The molecular weight excluding hydrogens is 322 g/mol. The van der Waals surface area contributed by atoms with Crippen LogP contribution in [0.25, 0.3) is 0 Å². The highest BCUT2D eigenvalue weighted by Crippen LogP contribution is 2.31. The normalized spacial score (nSPS) is 20.4. The van der Waals surface area contributed by atoms with Crippen molar-refractivity contribution in [1.82, 2.24) is 4.90 Å². The average molecular weight is 349 g/mol. The van der Waals surface area contributed by atoms with Gasteiger partial charge in [0.05, 0.1) is 6.61 Å². The first kappa shape index (κ1) is 19.2. The van der Waals surface area contributed by atoms with Crippen LogP contribution in [-0.4, -0.2) is 55.3 Å². The van der Waals surface area contributed by atoms with Crippen LogP contribution in [0.2, 0.25) is 0 Å². The molecule has 1 atom stereocenters. The Morgan fingerprint density at radius 1 is 1.24 bits per heavy atom. The number of carbonyl (C=O) groups is 2. The van der Waals surface area contributed by atoms with E-state index in [9.17, 15) is 14.7 Å². The van der Waals surface area contributed by atoms with Gasteiger partial charge < -0.3 is 19.5 Å². The number of rotatable bonds is 6.